The van der Waals surface area contributed by atoms with Gasteiger partial charge < -0.3 is 15.4 Å². The van der Waals surface area contributed by atoms with Crippen LogP contribution in [0.2, 0.25) is 0 Å². The summed E-state index contributed by atoms with van der Waals surface area (Å²) < 4.78 is 5.70. The monoisotopic (exact) mass is 234 g/mol. The maximum Gasteiger partial charge on any atom is 0.221 e. The minimum atomic E-state index is -0.0595. The average Bonchev–Trinajstić information content (AvgIpc) is 2.80. The van der Waals surface area contributed by atoms with Crippen LogP contribution in [0, 0.1) is 5.92 Å². The predicted molar refractivity (Wildman–Crippen MR) is 67.2 cm³/mol. The molecule has 0 spiro atoms. The van der Waals surface area contributed by atoms with Crippen LogP contribution in [0.4, 0.5) is 5.69 Å². The van der Waals surface area contributed by atoms with Crippen LogP contribution in [0.1, 0.15) is 13.3 Å². The van der Waals surface area contributed by atoms with Crippen molar-refractivity contribution >= 4 is 11.6 Å². The number of hydrogen-bond acceptors (Lipinski definition) is 3. The summed E-state index contributed by atoms with van der Waals surface area (Å²) in [6, 6.07) is 7.47. The molecule has 1 aromatic rings. The Balaban J connectivity index is 1.82. The third kappa shape index (κ3) is 3.75. The Morgan fingerprint density at radius 2 is 2.24 bits per heavy atom. The summed E-state index contributed by atoms with van der Waals surface area (Å²) in [4.78, 5) is 10.8. The van der Waals surface area contributed by atoms with Gasteiger partial charge in [-0.1, -0.05) is 0 Å². The molecule has 0 saturated carbocycles. The van der Waals surface area contributed by atoms with Gasteiger partial charge in [-0.15, -0.1) is 0 Å². The van der Waals surface area contributed by atoms with E-state index in [0.717, 1.165) is 31.1 Å². The van der Waals surface area contributed by atoms with Crippen LogP contribution < -0.4 is 15.4 Å². The van der Waals surface area contributed by atoms with Crippen LogP contribution >= 0.6 is 0 Å². The molecule has 4 heteroatoms. The molecule has 1 amide bonds. The molecule has 1 aliphatic rings. The number of rotatable bonds is 4. The van der Waals surface area contributed by atoms with Gasteiger partial charge in [0.15, 0.2) is 0 Å². The van der Waals surface area contributed by atoms with Crippen molar-refractivity contribution in [1.82, 2.24) is 5.32 Å². The highest BCUT2D eigenvalue weighted by atomic mass is 16.5. The molecule has 0 bridgehead atoms. The van der Waals surface area contributed by atoms with Gasteiger partial charge in [-0.25, -0.2) is 0 Å². The van der Waals surface area contributed by atoms with Gasteiger partial charge in [0, 0.05) is 25.1 Å². The fraction of sp³-hybridized carbons (Fsp3) is 0.462. The highest BCUT2D eigenvalue weighted by Gasteiger charge is 2.14. The molecule has 92 valence electrons. The SMILES string of the molecule is CC(=O)Nc1ccc(OCC2CCNC2)cc1. The predicted octanol–water partition coefficient (Wildman–Crippen LogP) is 1.63. The largest absolute Gasteiger partial charge is 0.493 e. The number of anilines is 1. The van der Waals surface area contributed by atoms with Gasteiger partial charge >= 0.3 is 0 Å². The smallest absolute Gasteiger partial charge is 0.221 e. The van der Waals surface area contributed by atoms with Crippen LogP contribution in [0.5, 0.6) is 5.75 Å². The zero-order chi connectivity index (χ0) is 12.1. The summed E-state index contributed by atoms with van der Waals surface area (Å²) in [7, 11) is 0. The minimum absolute atomic E-state index is 0.0595. The van der Waals surface area contributed by atoms with Crippen molar-refractivity contribution in [2.24, 2.45) is 5.92 Å². The lowest BCUT2D eigenvalue weighted by molar-refractivity contribution is -0.114. The highest BCUT2D eigenvalue weighted by Crippen LogP contribution is 2.17. The van der Waals surface area contributed by atoms with E-state index in [2.05, 4.69) is 10.6 Å². The molecule has 1 fully saturated rings. The maximum atomic E-state index is 10.8. The van der Waals surface area contributed by atoms with Gasteiger partial charge in [0.2, 0.25) is 5.91 Å². The summed E-state index contributed by atoms with van der Waals surface area (Å²) >= 11 is 0. The van der Waals surface area contributed by atoms with Gasteiger partial charge in [-0.05, 0) is 37.2 Å². The van der Waals surface area contributed by atoms with Crippen LogP contribution in [-0.4, -0.2) is 25.6 Å². The lowest BCUT2D eigenvalue weighted by Gasteiger charge is -2.11. The van der Waals surface area contributed by atoms with Gasteiger partial charge in [-0.3, -0.25) is 4.79 Å². The third-order valence-electron chi connectivity index (χ3n) is 2.82. The van der Waals surface area contributed by atoms with Crippen molar-refractivity contribution in [1.29, 1.82) is 0 Å². The molecule has 2 rings (SSSR count). The number of benzene rings is 1. The molecule has 1 atom stereocenters. The van der Waals surface area contributed by atoms with E-state index in [1.807, 2.05) is 24.3 Å². The number of carbonyl (C=O) groups excluding carboxylic acids is 1. The van der Waals surface area contributed by atoms with Gasteiger partial charge in [0.1, 0.15) is 5.75 Å². The first-order valence-electron chi connectivity index (χ1n) is 5.95. The summed E-state index contributed by atoms with van der Waals surface area (Å²) in [5, 5.41) is 6.04. The maximum absolute atomic E-state index is 10.8. The van der Waals surface area contributed by atoms with E-state index < -0.39 is 0 Å². The Labute approximate surface area is 101 Å². The second-order valence-corrected chi connectivity index (χ2v) is 4.38. The van der Waals surface area contributed by atoms with Gasteiger partial charge in [0.05, 0.1) is 6.61 Å². The normalized spacial score (nSPS) is 19.0. The van der Waals surface area contributed by atoms with E-state index in [9.17, 15) is 4.79 Å². The fourth-order valence-electron chi connectivity index (χ4n) is 1.91. The summed E-state index contributed by atoms with van der Waals surface area (Å²) in [5.74, 6) is 1.41. The van der Waals surface area contributed by atoms with Crippen molar-refractivity contribution in [2.75, 3.05) is 25.0 Å². The van der Waals surface area contributed by atoms with Crippen molar-refractivity contribution in [2.45, 2.75) is 13.3 Å². The zero-order valence-corrected chi connectivity index (χ0v) is 10.0. The van der Waals surface area contributed by atoms with Crippen molar-refractivity contribution in [3.8, 4) is 5.75 Å². The van der Waals surface area contributed by atoms with Crippen molar-refractivity contribution < 1.29 is 9.53 Å². The zero-order valence-electron chi connectivity index (χ0n) is 10.0. The summed E-state index contributed by atoms with van der Waals surface area (Å²) in [6.45, 7) is 4.39. The first-order valence-corrected chi connectivity index (χ1v) is 5.95. The lowest BCUT2D eigenvalue weighted by atomic mass is 10.1. The van der Waals surface area contributed by atoms with E-state index in [1.54, 1.807) is 0 Å². The molecule has 1 unspecified atom stereocenters. The van der Waals surface area contributed by atoms with Crippen LogP contribution in [-0.2, 0) is 4.79 Å². The van der Waals surface area contributed by atoms with Crippen LogP contribution in [0.25, 0.3) is 0 Å². The Bertz CT molecular complexity index is 370. The average molecular weight is 234 g/mol. The lowest BCUT2D eigenvalue weighted by Crippen LogP contribution is -2.15. The Morgan fingerprint density at radius 3 is 2.82 bits per heavy atom. The molecule has 2 N–H and O–H groups in total. The Hall–Kier alpha value is -1.55. The second-order valence-electron chi connectivity index (χ2n) is 4.38. The quantitative estimate of drug-likeness (QED) is 0.832. The molecule has 1 aromatic carbocycles. The van der Waals surface area contributed by atoms with Crippen molar-refractivity contribution in [3.05, 3.63) is 24.3 Å². The number of amides is 1. The first-order chi connectivity index (χ1) is 8.24. The number of nitrogens with one attached hydrogen (secondary N) is 2. The Kier molecular flexibility index (Phi) is 3.98. The third-order valence-corrected chi connectivity index (χ3v) is 2.82. The topological polar surface area (TPSA) is 50.4 Å². The number of ether oxygens (including phenoxy) is 1. The molecular formula is C13H18N2O2. The van der Waals surface area contributed by atoms with E-state index in [1.165, 1.54) is 13.3 Å². The molecule has 0 aromatic heterocycles. The van der Waals surface area contributed by atoms with E-state index in [-0.39, 0.29) is 5.91 Å². The molecule has 4 nitrogen and oxygen atoms in total. The standard InChI is InChI=1S/C13H18N2O2/c1-10(16)15-12-2-4-13(5-3-12)17-9-11-6-7-14-8-11/h2-5,11,14H,6-9H2,1H3,(H,15,16). The van der Waals surface area contributed by atoms with Gasteiger partial charge in [-0.2, -0.15) is 0 Å². The second kappa shape index (κ2) is 5.68. The number of carbonyl (C=O) groups is 1. The molecule has 0 aliphatic carbocycles. The fourth-order valence-corrected chi connectivity index (χ4v) is 1.91. The Morgan fingerprint density at radius 1 is 1.47 bits per heavy atom. The van der Waals surface area contributed by atoms with Crippen LogP contribution in [0.3, 0.4) is 0 Å². The molecule has 17 heavy (non-hydrogen) atoms. The van der Waals surface area contributed by atoms with Crippen molar-refractivity contribution in [3.63, 3.8) is 0 Å². The van der Waals surface area contributed by atoms with Gasteiger partial charge in [0.25, 0.3) is 0 Å². The minimum Gasteiger partial charge on any atom is -0.493 e. The molecular weight excluding hydrogens is 216 g/mol. The summed E-state index contributed by atoms with van der Waals surface area (Å²) in [5.41, 5.74) is 0.799. The van der Waals surface area contributed by atoms with Crippen LogP contribution in [0.15, 0.2) is 24.3 Å². The van der Waals surface area contributed by atoms with E-state index >= 15 is 0 Å². The molecule has 1 heterocycles. The highest BCUT2D eigenvalue weighted by molar-refractivity contribution is 5.88. The van der Waals surface area contributed by atoms with E-state index in [0.29, 0.717) is 5.92 Å². The summed E-state index contributed by atoms with van der Waals surface area (Å²) in [6.07, 6.45) is 1.18. The number of hydrogen-bond donors (Lipinski definition) is 2. The molecule has 0 radical (unpaired) electrons. The molecule has 1 aliphatic heterocycles. The van der Waals surface area contributed by atoms with E-state index in [4.69, 9.17) is 4.74 Å². The first kappa shape index (κ1) is 11.9. The molecule has 1 saturated heterocycles.